The molecule has 4 aliphatic rings. The highest BCUT2D eigenvalue weighted by Crippen LogP contribution is 2.32. The van der Waals surface area contributed by atoms with Crippen LogP contribution < -0.4 is 10.9 Å². The van der Waals surface area contributed by atoms with Gasteiger partial charge in [0, 0.05) is 55.9 Å². The number of nitrogens with one attached hydrogen (secondary N) is 1. The first-order valence-corrected chi connectivity index (χ1v) is 10.3. The van der Waals surface area contributed by atoms with Crippen LogP contribution in [0.5, 0.6) is 0 Å². The van der Waals surface area contributed by atoms with E-state index >= 15 is 0 Å². The third-order valence-corrected chi connectivity index (χ3v) is 6.77. The van der Waals surface area contributed by atoms with E-state index in [1.165, 1.54) is 12.1 Å². The fourth-order valence-corrected chi connectivity index (χ4v) is 5.32. The molecule has 2 bridgehead atoms. The van der Waals surface area contributed by atoms with Crippen molar-refractivity contribution in [2.75, 3.05) is 39.3 Å². The molecule has 5 rings (SSSR count). The van der Waals surface area contributed by atoms with Gasteiger partial charge in [-0.2, -0.15) is 0 Å². The van der Waals surface area contributed by atoms with Crippen molar-refractivity contribution in [1.82, 2.24) is 19.7 Å². The maximum absolute atomic E-state index is 13.1. The molecule has 0 aliphatic carbocycles. The van der Waals surface area contributed by atoms with Crippen molar-refractivity contribution in [3.63, 3.8) is 0 Å². The van der Waals surface area contributed by atoms with Gasteiger partial charge in [0.05, 0.1) is 6.54 Å². The smallest absolute Gasteiger partial charge is 0.410 e. The van der Waals surface area contributed by atoms with Gasteiger partial charge < -0.3 is 19.5 Å². The van der Waals surface area contributed by atoms with Crippen LogP contribution in [0.15, 0.2) is 16.9 Å². The zero-order chi connectivity index (χ0) is 18.4. The number of hydrogen-bond donors (Lipinski definition) is 1. The summed E-state index contributed by atoms with van der Waals surface area (Å²) in [6.45, 7) is 6.65. The number of rotatable bonds is 3. The van der Waals surface area contributed by atoms with Gasteiger partial charge in [-0.25, -0.2) is 4.79 Å². The van der Waals surface area contributed by atoms with E-state index in [1.807, 2.05) is 15.5 Å². The first-order valence-electron chi connectivity index (χ1n) is 10.3. The lowest BCUT2D eigenvalue weighted by atomic mass is 9.84. The standard InChI is InChI=1S/C20H28N4O3/c25-19-15(1-2-18-16-9-14(10-21-11-16)12-24(18)19)13-22-5-3-17(4-6-22)23-7-8-27-20(23)26/h1-2,14,16-17,21H,3-13H2/t14-,16+/m0/s1. The van der Waals surface area contributed by atoms with Crippen LogP contribution in [0.1, 0.15) is 36.4 Å². The minimum atomic E-state index is -0.165. The van der Waals surface area contributed by atoms with Crippen molar-refractivity contribution in [1.29, 1.82) is 0 Å². The molecule has 7 nitrogen and oxygen atoms in total. The van der Waals surface area contributed by atoms with E-state index in [1.54, 1.807) is 0 Å². The Balaban J connectivity index is 1.26. The van der Waals surface area contributed by atoms with E-state index in [2.05, 4.69) is 16.3 Å². The normalized spacial score (nSPS) is 28.9. The van der Waals surface area contributed by atoms with Crippen LogP contribution in [0, 0.1) is 5.92 Å². The molecule has 1 aromatic heterocycles. The van der Waals surface area contributed by atoms with Gasteiger partial charge in [-0.1, -0.05) is 6.07 Å². The predicted octanol–water partition coefficient (Wildman–Crippen LogP) is 0.972. The number of carbonyl (C=O) groups is 1. The number of pyridine rings is 1. The summed E-state index contributed by atoms with van der Waals surface area (Å²) in [5.41, 5.74) is 2.32. The van der Waals surface area contributed by atoms with E-state index in [4.69, 9.17) is 4.74 Å². The minimum absolute atomic E-state index is 0.165. The van der Waals surface area contributed by atoms with Gasteiger partial charge in [-0.3, -0.25) is 9.69 Å². The molecule has 5 heterocycles. The van der Waals surface area contributed by atoms with Crippen LogP contribution in [-0.4, -0.2) is 65.8 Å². The zero-order valence-corrected chi connectivity index (χ0v) is 15.7. The molecule has 0 aromatic carbocycles. The van der Waals surface area contributed by atoms with Gasteiger partial charge in [0.25, 0.3) is 5.56 Å². The van der Waals surface area contributed by atoms with Crippen LogP contribution in [-0.2, 0) is 17.8 Å². The molecular formula is C20H28N4O3. The van der Waals surface area contributed by atoms with Gasteiger partial charge in [0.2, 0.25) is 0 Å². The van der Waals surface area contributed by atoms with Crippen molar-refractivity contribution in [2.24, 2.45) is 5.92 Å². The molecule has 0 radical (unpaired) electrons. The van der Waals surface area contributed by atoms with Crippen LogP contribution in [0.25, 0.3) is 0 Å². The fraction of sp³-hybridized carbons (Fsp3) is 0.700. The Morgan fingerprint density at radius 1 is 1.11 bits per heavy atom. The summed E-state index contributed by atoms with van der Waals surface area (Å²) >= 11 is 0. The summed E-state index contributed by atoms with van der Waals surface area (Å²) in [6.07, 6.45) is 2.95. The lowest BCUT2D eigenvalue weighted by molar-refractivity contribution is 0.115. The molecule has 1 N–H and O–H groups in total. The number of likely N-dealkylation sites (tertiary alicyclic amines) is 1. The molecule has 146 valence electrons. The summed E-state index contributed by atoms with van der Waals surface area (Å²) in [6, 6.07) is 4.51. The summed E-state index contributed by atoms with van der Waals surface area (Å²) in [5, 5.41) is 3.50. The monoisotopic (exact) mass is 372 g/mol. The molecule has 7 heteroatoms. The van der Waals surface area contributed by atoms with Crippen molar-refractivity contribution in [3.05, 3.63) is 33.7 Å². The minimum Gasteiger partial charge on any atom is -0.448 e. The second kappa shape index (κ2) is 6.95. The Morgan fingerprint density at radius 2 is 1.96 bits per heavy atom. The maximum Gasteiger partial charge on any atom is 0.410 e. The Hall–Kier alpha value is -1.86. The van der Waals surface area contributed by atoms with Gasteiger partial charge in [-0.05, 0) is 37.8 Å². The maximum atomic E-state index is 13.1. The number of carbonyl (C=O) groups excluding carboxylic acids is 1. The zero-order valence-electron chi connectivity index (χ0n) is 15.7. The third kappa shape index (κ3) is 3.17. The number of nitrogens with zero attached hydrogens (tertiary/aromatic N) is 3. The van der Waals surface area contributed by atoms with Crippen LogP contribution in [0.2, 0.25) is 0 Å². The van der Waals surface area contributed by atoms with E-state index in [-0.39, 0.29) is 17.7 Å². The molecule has 4 aliphatic heterocycles. The lowest BCUT2D eigenvalue weighted by Crippen LogP contribution is -2.47. The highest BCUT2D eigenvalue weighted by Gasteiger charge is 2.33. The number of hydrogen-bond acceptors (Lipinski definition) is 5. The second-order valence-electron chi connectivity index (χ2n) is 8.47. The largest absolute Gasteiger partial charge is 0.448 e. The Bertz CT molecular complexity index is 784. The highest BCUT2D eigenvalue weighted by atomic mass is 16.6. The average molecular weight is 372 g/mol. The molecule has 1 amide bonds. The first kappa shape index (κ1) is 17.3. The number of ether oxygens (including phenoxy) is 1. The molecule has 3 fully saturated rings. The second-order valence-corrected chi connectivity index (χ2v) is 8.47. The first-order chi connectivity index (χ1) is 13.2. The van der Waals surface area contributed by atoms with Crippen LogP contribution in [0.4, 0.5) is 4.79 Å². The summed E-state index contributed by atoms with van der Waals surface area (Å²) in [5.74, 6) is 1.07. The molecular weight excluding hydrogens is 344 g/mol. The Kier molecular flexibility index (Phi) is 4.44. The van der Waals surface area contributed by atoms with E-state index in [0.717, 1.165) is 51.1 Å². The van der Waals surface area contributed by atoms with Gasteiger partial charge in [0.1, 0.15) is 6.61 Å². The van der Waals surface area contributed by atoms with Crippen LogP contribution >= 0.6 is 0 Å². The molecule has 27 heavy (non-hydrogen) atoms. The predicted molar refractivity (Wildman–Crippen MR) is 101 cm³/mol. The molecule has 0 spiro atoms. The molecule has 0 saturated carbocycles. The number of piperidine rings is 2. The van der Waals surface area contributed by atoms with E-state index in [0.29, 0.717) is 31.5 Å². The SMILES string of the molecule is O=C1OCCN1C1CCN(Cc2ccc3n(c2=O)C[C@@H]2CNC[C@H]3C2)CC1. The quantitative estimate of drug-likeness (QED) is 0.857. The summed E-state index contributed by atoms with van der Waals surface area (Å²) < 4.78 is 7.11. The summed E-state index contributed by atoms with van der Waals surface area (Å²) in [4.78, 5) is 29.1. The van der Waals surface area contributed by atoms with E-state index in [9.17, 15) is 9.59 Å². The van der Waals surface area contributed by atoms with Crippen molar-refractivity contribution < 1.29 is 9.53 Å². The van der Waals surface area contributed by atoms with Crippen LogP contribution in [0.3, 0.4) is 0 Å². The molecule has 1 aromatic rings. The van der Waals surface area contributed by atoms with Gasteiger partial charge >= 0.3 is 6.09 Å². The van der Waals surface area contributed by atoms with Gasteiger partial charge in [0.15, 0.2) is 0 Å². The molecule has 3 saturated heterocycles. The number of cyclic esters (lactones) is 1. The van der Waals surface area contributed by atoms with E-state index < -0.39 is 0 Å². The highest BCUT2D eigenvalue weighted by molar-refractivity contribution is 5.69. The molecule has 2 atom stereocenters. The molecule has 0 unspecified atom stereocenters. The average Bonchev–Trinajstić information content (AvgIpc) is 3.11. The van der Waals surface area contributed by atoms with Crippen molar-refractivity contribution in [3.8, 4) is 0 Å². The Morgan fingerprint density at radius 3 is 2.74 bits per heavy atom. The fourth-order valence-electron chi connectivity index (χ4n) is 5.32. The van der Waals surface area contributed by atoms with Gasteiger partial charge in [-0.15, -0.1) is 0 Å². The third-order valence-electron chi connectivity index (χ3n) is 6.77. The summed E-state index contributed by atoms with van der Waals surface area (Å²) in [7, 11) is 0. The number of amides is 1. The lowest BCUT2D eigenvalue weighted by Gasteiger charge is -2.38. The number of aromatic nitrogens is 1. The van der Waals surface area contributed by atoms with Crippen molar-refractivity contribution >= 4 is 6.09 Å². The topological polar surface area (TPSA) is 66.8 Å². The Labute approximate surface area is 159 Å². The number of fused-ring (bicyclic) bond motifs is 4. The van der Waals surface area contributed by atoms with Crippen molar-refractivity contribution in [2.45, 2.75) is 44.3 Å².